The predicted octanol–water partition coefficient (Wildman–Crippen LogP) is 2.85. The Bertz CT molecular complexity index is 535. The molecule has 4 heteroatoms. The van der Waals surface area contributed by atoms with E-state index >= 15 is 0 Å². The summed E-state index contributed by atoms with van der Waals surface area (Å²) < 4.78 is 5.23. The van der Waals surface area contributed by atoms with Crippen molar-refractivity contribution < 1.29 is 9.21 Å². The molecule has 2 N–H and O–H groups in total. The van der Waals surface area contributed by atoms with Crippen molar-refractivity contribution in [2.24, 2.45) is 0 Å². The number of hydrogen-bond acceptors (Lipinski definition) is 3. The molecule has 0 atom stereocenters. The van der Waals surface area contributed by atoms with Crippen molar-refractivity contribution >= 4 is 17.3 Å². The molecule has 0 fully saturated rings. The summed E-state index contributed by atoms with van der Waals surface area (Å²) in [5, 5.41) is 0. The Morgan fingerprint density at radius 1 is 1.26 bits per heavy atom. The molecule has 2 rings (SSSR count). The number of nitrogens with two attached hydrogens (primary N) is 1. The Labute approximate surface area is 112 Å². The number of nitrogen functional groups attached to an aromatic ring is 1. The van der Waals surface area contributed by atoms with E-state index in [4.69, 9.17) is 10.2 Å². The summed E-state index contributed by atoms with van der Waals surface area (Å²) in [5.41, 5.74) is 7.31. The molecule has 0 unspecified atom stereocenters. The molecule has 1 heterocycles. The SMILES string of the molecule is CCN(C(=O)CCc1ccco1)c1ccccc1N. The Kier molecular flexibility index (Phi) is 4.23. The lowest BCUT2D eigenvalue weighted by atomic mass is 10.2. The van der Waals surface area contributed by atoms with Gasteiger partial charge in [-0.15, -0.1) is 0 Å². The molecule has 0 saturated heterocycles. The van der Waals surface area contributed by atoms with Gasteiger partial charge >= 0.3 is 0 Å². The van der Waals surface area contributed by atoms with Crippen LogP contribution in [0, 0.1) is 0 Å². The van der Waals surface area contributed by atoms with Crippen molar-refractivity contribution in [2.75, 3.05) is 17.2 Å². The van der Waals surface area contributed by atoms with Crippen LogP contribution in [-0.4, -0.2) is 12.5 Å². The molecule has 0 bridgehead atoms. The van der Waals surface area contributed by atoms with Crippen LogP contribution in [0.4, 0.5) is 11.4 Å². The van der Waals surface area contributed by atoms with Crippen LogP contribution in [0.15, 0.2) is 47.1 Å². The number of anilines is 2. The Morgan fingerprint density at radius 3 is 2.68 bits per heavy atom. The van der Waals surface area contributed by atoms with E-state index < -0.39 is 0 Å². The minimum absolute atomic E-state index is 0.0526. The monoisotopic (exact) mass is 258 g/mol. The van der Waals surface area contributed by atoms with Crippen LogP contribution in [0.25, 0.3) is 0 Å². The van der Waals surface area contributed by atoms with Gasteiger partial charge in [0.05, 0.1) is 17.6 Å². The molecule has 1 aromatic heterocycles. The minimum atomic E-state index is 0.0526. The molecule has 0 aliphatic rings. The van der Waals surface area contributed by atoms with Gasteiger partial charge in [0.2, 0.25) is 5.91 Å². The highest BCUT2D eigenvalue weighted by molar-refractivity contribution is 5.96. The molecule has 19 heavy (non-hydrogen) atoms. The van der Waals surface area contributed by atoms with Gasteiger partial charge in [0.1, 0.15) is 5.76 Å². The molecule has 0 aliphatic carbocycles. The normalized spacial score (nSPS) is 10.4. The second-order valence-electron chi connectivity index (χ2n) is 4.28. The highest BCUT2D eigenvalue weighted by atomic mass is 16.3. The first kappa shape index (κ1) is 13.2. The third-order valence-electron chi connectivity index (χ3n) is 3.01. The number of aryl methyl sites for hydroxylation is 1. The van der Waals surface area contributed by atoms with Crippen LogP contribution >= 0.6 is 0 Å². The van der Waals surface area contributed by atoms with Gasteiger partial charge in [-0.2, -0.15) is 0 Å². The number of nitrogens with zero attached hydrogens (tertiary/aromatic N) is 1. The molecule has 2 aromatic rings. The van der Waals surface area contributed by atoms with Gasteiger partial charge in [-0.3, -0.25) is 4.79 Å². The lowest BCUT2D eigenvalue weighted by molar-refractivity contribution is -0.118. The second-order valence-corrected chi connectivity index (χ2v) is 4.28. The number of para-hydroxylation sites is 2. The van der Waals surface area contributed by atoms with E-state index in [1.165, 1.54) is 0 Å². The first-order chi connectivity index (χ1) is 9.22. The first-order valence-corrected chi connectivity index (χ1v) is 6.39. The van der Waals surface area contributed by atoms with Crippen LogP contribution in [0.2, 0.25) is 0 Å². The molecule has 100 valence electrons. The predicted molar refractivity (Wildman–Crippen MR) is 75.9 cm³/mol. The molecule has 1 amide bonds. The Hall–Kier alpha value is -2.23. The fourth-order valence-corrected chi connectivity index (χ4v) is 2.03. The second kappa shape index (κ2) is 6.09. The molecular weight excluding hydrogens is 240 g/mol. The van der Waals surface area contributed by atoms with Crippen molar-refractivity contribution in [1.29, 1.82) is 0 Å². The molecule has 1 aromatic carbocycles. The number of rotatable bonds is 5. The van der Waals surface area contributed by atoms with Crippen LogP contribution in [0.1, 0.15) is 19.1 Å². The number of furan rings is 1. The van der Waals surface area contributed by atoms with Gasteiger partial charge in [0.25, 0.3) is 0 Å². The molecule has 0 aliphatic heterocycles. The molecule has 0 saturated carbocycles. The number of hydrogen-bond donors (Lipinski definition) is 1. The van der Waals surface area contributed by atoms with Gasteiger partial charge in [-0.1, -0.05) is 12.1 Å². The van der Waals surface area contributed by atoms with Crippen molar-refractivity contribution in [3.05, 3.63) is 48.4 Å². The lowest BCUT2D eigenvalue weighted by Gasteiger charge is -2.22. The number of benzene rings is 1. The average Bonchev–Trinajstić information content (AvgIpc) is 2.92. The van der Waals surface area contributed by atoms with E-state index in [0.717, 1.165) is 11.4 Å². The maximum absolute atomic E-state index is 12.3. The largest absolute Gasteiger partial charge is 0.469 e. The van der Waals surface area contributed by atoms with Crippen molar-refractivity contribution in [3.8, 4) is 0 Å². The fourth-order valence-electron chi connectivity index (χ4n) is 2.03. The van der Waals surface area contributed by atoms with E-state index in [2.05, 4.69) is 0 Å². The van der Waals surface area contributed by atoms with Crippen molar-refractivity contribution in [3.63, 3.8) is 0 Å². The van der Waals surface area contributed by atoms with Gasteiger partial charge in [-0.25, -0.2) is 0 Å². The van der Waals surface area contributed by atoms with Crippen molar-refractivity contribution in [1.82, 2.24) is 0 Å². The van der Waals surface area contributed by atoms with Gasteiger partial charge in [0.15, 0.2) is 0 Å². The number of amides is 1. The summed E-state index contributed by atoms with van der Waals surface area (Å²) in [6, 6.07) is 11.1. The van der Waals surface area contributed by atoms with Crippen LogP contribution in [0.3, 0.4) is 0 Å². The zero-order valence-corrected chi connectivity index (χ0v) is 11.0. The van der Waals surface area contributed by atoms with Gasteiger partial charge < -0.3 is 15.1 Å². The zero-order chi connectivity index (χ0) is 13.7. The molecule has 4 nitrogen and oxygen atoms in total. The minimum Gasteiger partial charge on any atom is -0.469 e. The highest BCUT2D eigenvalue weighted by Crippen LogP contribution is 2.23. The van der Waals surface area contributed by atoms with Gasteiger partial charge in [-0.05, 0) is 31.2 Å². The number of carbonyl (C=O) groups is 1. The summed E-state index contributed by atoms with van der Waals surface area (Å²) in [7, 11) is 0. The summed E-state index contributed by atoms with van der Waals surface area (Å²) in [4.78, 5) is 14.0. The zero-order valence-electron chi connectivity index (χ0n) is 11.0. The first-order valence-electron chi connectivity index (χ1n) is 6.39. The fraction of sp³-hybridized carbons (Fsp3) is 0.267. The maximum atomic E-state index is 12.3. The van der Waals surface area contributed by atoms with Gasteiger partial charge in [0, 0.05) is 19.4 Å². The smallest absolute Gasteiger partial charge is 0.227 e. The van der Waals surface area contributed by atoms with Crippen molar-refractivity contribution in [2.45, 2.75) is 19.8 Å². The molecular formula is C15H18N2O2. The van der Waals surface area contributed by atoms with E-state index in [0.29, 0.717) is 25.1 Å². The van der Waals surface area contributed by atoms with E-state index in [1.807, 2.05) is 37.3 Å². The molecule has 0 radical (unpaired) electrons. The van der Waals surface area contributed by atoms with E-state index in [9.17, 15) is 4.79 Å². The third kappa shape index (κ3) is 3.16. The third-order valence-corrected chi connectivity index (χ3v) is 3.01. The Balaban J connectivity index is 2.05. The lowest BCUT2D eigenvalue weighted by Crippen LogP contribution is -2.31. The van der Waals surface area contributed by atoms with Crippen LogP contribution in [-0.2, 0) is 11.2 Å². The average molecular weight is 258 g/mol. The summed E-state index contributed by atoms with van der Waals surface area (Å²) >= 11 is 0. The van der Waals surface area contributed by atoms with E-state index in [1.54, 1.807) is 17.2 Å². The van der Waals surface area contributed by atoms with Crippen LogP contribution in [0.5, 0.6) is 0 Å². The summed E-state index contributed by atoms with van der Waals surface area (Å²) in [6.45, 7) is 2.54. The quantitative estimate of drug-likeness (QED) is 0.839. The molecule has 0 spiro atoms. The highest BCUT2D eigenvalue weighted by Gasteiger charge is 2.16. The maximum Gasteiger partial charge on any atom is 0.227 e. The summed E-state index contributed by atoms with van der Waals surface area (Å²) in [5.74, 6) is 0.877. The standard InChI is InChI=1S/C15H18N2O2/c1-2-17(14-8-4-3-7-13(14)16)15(18)10-9-12-6-5-11-19-12/h3-8,11H,2,9-10,16H2,1H3. The Morgan fingerprint density at radius 2 is 2.05 bits per heavy atom. The van der Waals surface area contributed by atoms with Crippen LogP contribution < -0.4 is 10.6 Å². The topological polar surface area (TPSA) is 59.5 Å². The van der Waals surface area contributed by atoms with E-state index in [-0.39, 0.29) is 5.91 Å². The number of carbonyl (C=O) groups excluding carboxylic acids is 1. The summed E-state index contributed by atoms with van der Waals surface area (Å²) in [6.07, 6.45) is 2.64.